The first-order valence-corrected chi connectivity index (χ1v) is 6.36. The van der Waals surface area contributed by atoms with E-state index in [0.717, 1.165) is 11.6 Å². The van der Waals surface area contributed by atoms with Crippen LogP contribution in [0.2, 0.25) is 0 Å². The van der Waals surface area contributed by atoms with Gasteiger partial charge in [0, 0.05) is 19.3 Å². The Hall–Kier alpha value is -0.163. The van der Waals surface area contributed by atoms with Crippen LogP contribution in [0.25, 0.3) is 0 Å². The van der Waals surface area contributed by atoms with E-state index < -0.39 is 9.28 Å². The predicted octanol–water partition coefficient (Wildman–Crippen LogP) is 1.11. The zero-order chi connectivity index (χ0) is 10.3. The van der Waals surface area contributed by atoms with Gasteiger partial charge in [-0.1, -0.05) is 13.5 Å². The summed E-state index contributed by atoms with van der Waals surface area (Å²) in [5, 5.41) is 0.964. The molecule has 4 heteroatoms. The maximum atomic E-state index is 5.85. The van der Waals surface area contributed by atoms with Gasteiger partial charge in [-0.3, -0.25) is 0 Å². The van der Waals surface area contributed by atoms with Crippen molar-refractivity contribution >= 4 is 9.28 Å². The van der Waals surface area contributed by atoms with Crippen LogP contribution < -0.4 is 5.73 Å². The predicted molar refractivity (Wildman–Crippen MR) is 57.8 cm³/mol. The molecule has 0 spiro atoms. The fourth-order valence-electron chi connectivity index (χ4n) is 1.00. The van der Waals surface area contributed by atoms with Crippen molar-refractivity contribution < 1.29 is 8.85 Å². The normalized spacial score (nSPS) is 13.3. The van der Waals surface area contributed by atoms with Crippen molar-refractivity contribution in [1.82, 2.24) is 0 Å². The highest BCUT2D eigenvalue weighted by molar-refractivity contribution is 6.53. The van der Waals surface area contributed by atoms with E-state index in [0.29, 0.717) is 13.2 Å². The minimum absolute atomic E-state index is 0.0229. The van der Waals surface area contributed by atoms with Gasteiger partial charge in [0.1, 0.15) is 0 Å². The van der Waals surface area contributed by atoms with Gasteiger partial charge in [0.25, 0.3) is 0 Å². The second kappa shape index (κ2) is 7.26. The van der Waals surface area contributed by atoms with Gasteiger partial charge in [0.05, 0.1) is 0 Å². The quantitative estimate of drug-likeness (QED) is 0.631. The van der Waals surface area contributed by atoms with Crippen molar-refractivity contribution in [2.75, 3.05) is 13.2 Å². The Morgan fingerprint density at radius 3 is 2.08 bits per heavy atom. The van der Waals surface area contributed by atoms with E-state index >= 15 is 0 Å². The van der Waals surface area contributed by atoms with E-state index in [2.05, 4.69) is 6.58 Å². The lowest BCUT2D eigenvalue weighted by molar-refractivity contribution is 0.219. The zero-order valence-corrected chi connectivity index (χ0v) is 10.0. The molecule has 0 saturated carbocycles. The number of hydrogen-bond acceptors (Lipinski definition) is 3. The molecule has 78 valence electrons. The summed E-state index contributed by atoms with van der Waals surface area (Å²) in [6.45, 7) is 11.3. The van der Waals surface area contributed by atoms with Gasteiger partial charge in [0.15, 0.2) is 0 Å². The number of hydrogen-bond donors (Lipinski definition) is 1. The summed E-state index contributed by atoms with van der Waals surface area (Å²) in [7, 11) is -1.72. The first-order chi connectivity index (χ1) is 6.17. The van der Waals surface area contributed by atoms with Gasteiger partial charge in [-0.2, -0.15) is 0 Å². The van der Waals surface area contributed by atoms with Gasteiger partial charge in [-0.15, -0.1) is 0 Å². The molecule has 0 amide bonds. The fourth-order valence-corrected chi connectivity index (χ4v) is 2.72. The molecule has 13 heavy (non-hydrogen) atoms. The Morgan fingerprint density at radius 2 is 1.77 bits per heavy atom. The molecule has 0 aliphatic rings. The number of rotatable bonds is 7. The Bertz CT molecular complexity index is 147. The van der Waals surface area contributed by atoms with Crippen LogP contribution in [0.5, 0.6) is 0 Å². The zero-order valence-electron chi connectivity index (χ0n) is 8.88. The third-order valence-electron chi connectivity index (χ3n) is 1.85. The van der Waals surface area contributed by atoms with Crippen LogP contribution in [-0.2, 0) is 8.85 Å². The molecule has 0 saturated heterocycles. The molecule has 0 fully saturated rings. The average molecular weight is 203 g/mol. The topological polar surface area (TPSA) is 44.5 Å². The van der Waals surface area contributed by atoms with Crippen LogP contribution in [0.3, 0.4) is 0 Å². The van der Waals surface area contributed by atoms with Crippen LogP contribution in [0, 0.1) is 0 Å². The molecule has 1 atom stereocenters. The Balaban J connectivity index is 4.09. The molecular formula is C9H21NO2Si. The van der Waals surface area contributed by atoms with Crippen molar-refractivity contribution in [3.8, 4) is 0 Å². The molecular weight excluding hydrogens is 182 g/mol. The van der Waals surface area contributed by atoms with Crippen LogP contribution in [0.4, 0.5) is 0 Å². The van der Waals surface area contributed by atoms with Crippen molar-refractivity contribution in [1.29, 1.82) is 0 Å². The molecule has 0 aromatic carbocycles. The summed E-state index contributed by atoms with van der Waals surface area (Å²) in [5.74, 6) is 0. The summed E-state index contributed by atoms with van der Waals surface area (Å²) in [6, 6.07) is 0.0229. The largest absolute Gasteiger partial charge is 0.394 e. The highest BCUT2D eigenvalue weighted by atomic mass is 28.3. The first-order valence-electron chi connectivity index (χ1n) is 4.84. The monoisotopic (exact) mass is 203 g/mol. The first kappa shape index (κ1) is 12.8. The summed E-state index contributed by atoms with van der Waals surface area (Å²) in [4.78, 5) is 0. The summed E-state index contributed by atoms with van der Waals surface area (Å²) in [6.07, 6.45) is 0.891. The molecule has 2 N–H and O–H groups in total. The standard InChI is InChI=1S/C9H21NO2Si/c1-5-9(10)8(4)13(11-6-2)12-7-3/h9,13H,4-7,10H2,1-3H3. The molecule has 0 aromatic rings. The van der Waals surface area contributed by atoms with E-state index in [1.54, 1.807) is 0 Å². The van der Waals surface area contributed by atoms with Gasteiger partial charge < -0.3 is 14.6 Å². The van der Waals surface area contributed by atoms with Gasteiger partial charge >= 0.3 is 9.28 Å². The Labute approximate surface area is 82.8 Å². The minimum atomic E-state index is -1.72. The van der Waals surface area contributed by atoms with E-state index in [1.807, 2.05) is 20.8 Å². The highest BCUT2D eigenvalue weighted by Crippen LogP contribution is 2.08. The summed E-state index contributed by atoms with van der Waals surface area (Å²) >= 11 is 0. The van der Waals surface area contributed by atoms with Crippen LogP contribution >= 0.6 is 0 Å². The van der Waals surface area contributed by atoms with Gasteiger partial charge in [-0.05, 0) is 25.5 Å². The van der Waals surface area contributed by atoms with E-state index in [9.17, 15) is 0 Å². The third-order valence-corrected chi connectivity index (χ3v) is 4.16. The lowest BCUT2D eigenvalue weighted by Crippen LogP contribution is -2.35. The molecule has 3 nitrogen and oxygen atoms in total. The highest BCUT2D eigenvalue weighted by Gasteiger charge is 2.20. The molecule has 0 aliphatic heterocycles. The number of nitrogens with two attached hydrogens (primary N) is 1. The molecule has 0 rings (SSSR count). The van der Waals surface area contributed by atoms with Crippen LogP contribution in [0.15, 0.2) is 11.8 Å². The van der Waals surface area contributed by atoms with Crippen LogP contribution in [-0.4, -0.2) is 28.5 Å². The molecule has 0 aliphatic carbocycles. The molecule has 0 bridgehead atoms. The second-order valence-electron chi connectivity index (χ2n) is 2.83. The molecule has 1 unspecified atom stereocenters. The van der Waals surface area contributed by atoms with E-state index in [1.165, 1.54) is 0 Å². The third kappa shape index (κ3) is 4.57. The van der Waals surface area contributed by atoms with E-state index in [-0.39, 0.29) is 6.04 Å². The molecule has 0 radical (unpaired) electrons. The summed E-state index contributed by atoms with van der Waals surface area (Å²) in [5.41, 5.74) is 5.85. The smallest absolute Gasteiger partial charge is 0.352 e. The molecule has 0 aromatic heterocycles. The second-order valence-corrected chi connectivity index (χ2v) is 4.90. The van der Waals surface area contributed by atoms with Crippen LogP contribution in [0.1, 0.15) is 27.2 Å². The lowest BCUT2D eigenvalue weighted by atomic mass is 10.2. The Morgan fingerprint density at radius 1 is 1.31 bits per heavy atom. The summed E-state index contributed by atoms with van der Waals surface area (Å²) < 4.78 is 11.0. The average Bonchev–Trinajstić information content (AvgIpc) is 2.15. The SMILES string of the molecule is C=C(C(N)CC)[SiH](OCC)OCC. The maximum Gasteiger partial charge on any atom is 0.352 e. The van der Waals surface area contributed by atoms with Crippen molar-refractivity contribution in [2.45, 2.75) is 33.2 Å². The fraction of sp³-hybridized carbons (Fsp3) is 0.778. The minimum Gasteiger partial charge on any atom is -0.394 e. The maximum absolute atomic E-state index is 5.85. The van der Waals surface area contributed by atoms with Gasteiger partial charge in [0.2, 0.25) is 0 Å². The van der Waals surface area contributed by atoms with Crippen molar-refractivity contribution in [2.24, 2.45) is 5.73 Å². The van der Waals surface area contributed by atoms with Gasteiger partial charge in [-0.25, -0.2) is 0 Å². The lowest BCUT2D eigenvalue weighted by Gasteiger charge is -2.20. The Kier molecular flexibility index (Phi) is 7.17. The molecule has 0 heterocycles. The van der Waals surface area contributed by atoms with Crippen molar-refractivity contribution in [3.05, 3.63) is 11.8 Å². The van der Waals surface area contributed by atoms with E-state index in [4.69, 9.17) is 14.6 Å². The van der Waals surface area contributed by atoms with Crippen molar-refractivity contribution in [3.63, 3.8) is 0 Å².